The van der Waals surface area contributed by atoms with E-state index in [1.165, 1.54) is 11.3 Å². The Morgan fingerprint density at radius 3 is 1.63 bits per heavy atom. The number of Topliss-reactive ketones (excluding diaryl/α,β-unsaturated/α-hetero) is 1. The first kappa shape index (κ1) is 52.3. The van der Waals surface area contributed by atoms with Crippen LogP contribution in [0.1, 0.15) is 97.3 Å². The fourth-order valence-corrected chi connectivity index (χ4v) is 20.5. The maximum absolute atomic E-state index is 15.4. The van der Waals surface area contributed by atoms with Crippen LogP contribution in [0.15, 0.2) is 159 Å². The van der Waals surface area contributed by atoms with E-state index in [0.29, 0.717) is 31.2 Å². The number of thiophene rings is 1. The molecule has 2 N–H and O–H groups in total. The van der Waals surface area contributed by atoms with Gasteiger partial charge in [0.2, 0.25) is 0 Å². The Morgan fingerprint density at radius 2 is 1.15 bits per heavy atom. The lowest BCUT2D eigenvalue weighted by molar-refractivity contribution is -0.127. The van der Waals surface area contributed by atoms with Crippen LogP contribution in [0.5, 0.6) is 5.75 Å². The fourth-order valence-electron chi connectivity index (χ4n) is 11.3. The summed E-state index contributed by atoms with van der Waals surface area (Å²) in [7, 11) is -5.21. The minimum atomic E-state index is -3.64. The van der Waals surface area contributed by atoms with Gasteiger partial charge in [-0.2, -0.15) is 0 Å². The van der Waals surface area contributed by atoms with E-state index >= 15 is 9.59 Å². The monoisotopic (exact) mass is 1070 g/mol. The second kappa shape index (κ2) is 20.9. The third kappa shape index (κ3) is 9.83. The number of carbonyl (C=O) groups excluding carboxylic acids is 1. The number of ether oxygens (including phenoxy) is 2. The molecule has 1 fully saturated rings. The van der Waals surface area contributed by atoms with Crippen molar-refractivity contribution in [2.45, 2.75) is 121 Å². The van der Waals surface area contributed by atoms with Crippen LogP contribution in [0.3, 0.4) is 0 Å². The Bertz CT molecular complexity index is 3020. The van der Waals surface area contributed by atoms with Gasteiger partial charge in [-0.15, -0.1) is 11.3 Å². The summed E-state index contributed by atoms with van der Waals surface area (Å²) in [4.78, 5) is 71.7. The van der Waals surface area contributed by atoms with Gasteiger partial charge < -0.3 is 19.1 Å². The van der Waals surface area contributed by atoms with Crippen LogP contribution < -0.4 is 36.7 Å². The van der Waals surface area contributed by atoms with E-state index in [1.54, 1.807) is 25.5 Å². The summed E-state index contributed by atoms with van der Waals surface area (Å²) in [6.07, 6.45) is 3.34. The van der Waals surface area contributed by atoms with Crippen molar-refractivity contribution in [3.05, 3.63) is 181 Å². The Balaban J connectivity index is 1.11. The van der Waals surface area contributed by atoms with E-state index in [0.717, 1.165) is 63.0 Å². The van der Waals surface area contributed by atoms with Crippen LogP contribution >= 0.6 is 27.3 Å². The minimum absolute atomic E-state index is 0.0482. The third-order valence-corrected chi connectivity index (χ3v) is 26.7. The predicted octanol–water partition coefficient (Wildman–Crippen LogP) is 9.77. The molecule has 2 aromatic heterocycles. The second-order valence-electron chi connectivity index (χ2n) is 21.2. The summed E-state index contributed by atoms with van der Waals surface area (Å²) in [5.74, 6) is 0.636. The number of hydrogen-bond acceptors (Lipinski definition) is 8. The van der Waals surface area contributed by atoms with Gasteiger partial charge in [0.15, 0.2) is 5.78 Å². The normalized spacial score (nSPS) is 16.5. The zero-order valence-corrected chi connectivity index (χ0v) is 46.6. The van der Waals surface area contributed by atoms with Crippen molar-refractivity contribution in [2.75, 3.05) is 7.11 Å². The summed E-state index contributed by atoms with van der Waals surface area (Å²) in [6, 6.07) is 47.1. The molecule has 0 aliphatic heterocycles. The molecule has 0 bridgehead atoms. The van der Waals surface area contributed by atoms with Crippen molar-refractivity contribution < 1.29 is 23.9 Å². The highest BCUT2D eigenvalue weighted by Gasteiger charge is 2.53. The van der Waals surface area contributed by atoms with Crippen molar-refractivity contribution in [1.29, 1.82) is 0 Å². The highest BCUT2D eigenvalue weighted by atomic mass is 79.9. The summed E-state index contributed by atoms with van der Waals surface area (Å²) >= 11 is 5.01. The number of fused-ring (bicyclic) bond motifs is 1. The van der Waals surface area contributed by atoms with Crippen LogP contribution in [0.4, 0.5) is 0 Å². The van der Waals surface area contributed by atoms with Crippen LogP contribution in [-0.2, 0) is 21.6 Å². The molecule has 7 aromatic rings. The maximum atomic E-state index is 15.4. The number of aromatic nitrogens is 2. The van der Waals surface area contributed by atoms with Crippen molar-refractivity contribution in [3.8, 4) is 5.75 Å². The molecular formula is C58H67BrN2O7SSi2. The highest BCUT2D eigenvalue weighted by molar-refractivity contribution is 9.11. The van der Waals surface area contributed by atoms with Gasteiger partial charge in [-0.25, -0.2) is 9.36 Å². The molecular weight excluding hydrogens is 1000 g/mol. The van der Waals surface area contributed by atoms with E-state index in [4.69, 9.17) is 9.47 Å². The molecule has 13 heteroatoms. The Labute approximate surface area is 432 Å². The van der Waals surface area contributed by atoms with Crippen LogP contribution in [0, 0.1) is 12.8 Å². The summed E-state index contributed by atoms with van der Waals surface area (Å²) in [6.45, 7) is 13.5. The summed E-state index contributed by atoms with van der Waals surface area (Å²) < 4.78 is 16.6. The molecule has 372 valence electrons. The van der Waals surface area contributed by atoms with Crippen molar-refractivity contribution in [3.63, 3.8) is 0 Å². The van der Waals surface area contributed by atoms with E-state index in [9.17, 15) is 14.4 Å². The molecule has 8 rings (SSSR count). The molecule has 1 atom stereocenters. The number of hydrogen-bond donors (Lipinski definition) is 2. The van der Waals surface area contributed by atoms with Crippen molar-refractivity contribution in [1.82, 2.24) is 9.13 Å². The van der Waals surface area contributed by atoms with Gasteiger partial charge in [0.1, 0.15) is 22.2 Å². The lowest BCUT2D eigenvalue weighted by atomic mass is 9.82. The average molecular weight is 1070 g/mol. The SMILES string of the molecule is COc1ccccc1[C@H](Cn1c(=O)n(C(C)(C)C(=O)CC(C)(C)[Si](O)(c2ccccc2)c2ccccc2)c(=O)c2c(C)c(Br)sc21)OC1CCC(CC(C)(C)[Si](O)(c2ccccc2)c2ccccc2)CC1. The van der Waals surface area contributed by atoms with Crippen LogP contribution in [0.25, 0.3) is 10.2 Å². The van der Waals surface area contributed by atoms with Crippen LogP contribution in [0.2, 0.25) is 10.1 Å². The zero-order chi connectivity index (χ0) is 50.9. The topological polar surface area (TPSA) is 120 Å². The van der Waals surface area contributed by atoms with Crippen molar-refractivity contribution in [2.24, 2.45) is 5.92 Å². The Morgan fingerprint density at radius 1 is 0.704 bits per heavy atom. The van der Waals surface area contributed by atoms with Gasteiger partial charge >= 0.3 is 5.69 Å². The minimum Gasteiger partial charge on any atom is -0.496 e. The third-order valence-electron chi connectivity index (χ3n) is 15.5. The van der Waals surface area contributed by atoms with E-state index in [1.807, 2.05) is 142 Å². The Kier molecular flexibility index (Phi) is 15.4. The summed E-state index contributed by atoms with van der Waals surface area (Å²) in [5, 5.41) is 2.55. The van der Waals surface area contributed by atoms with Crippen molar-refractivity contribution >= 4 is 80.6 Å². The number of para-hydroxylation sites is 1. The van der Waals surface area contributed by atoms with Crippen LogP contribution in [-0.4, -0.2) is 54.4 Å². The molecule has 0 amide bonds. The predicted molar refractivity (Wildman–Crippen MR) is 297 cm³/mol. The highest BCUT2D eigenvalue weighted by Crippen LogP contribution is 2.46. The lowest BCUT2D eigenvalue weighted by Gasteiger charge is -2.44. The van der Waals surface area contributed by atoms with Gasteiger partial charge in [-0.3, -0.25) is 14.2 Å². The molecule has 0 saturated heterocycles. The van der Waals surface area contributed by atoms with Gasteiger partial charge in [-0.1, -0.05) is 167 Å². The number of halogens is 1. The number of ketones is 1. The first-order chi connectivity index (χ1) is 33.8. The fraction of sp³-hybridized carbons (Fsp3) is 0.362. The van der Waals surface area contributed by atoms with Gasteiger partial charge in [0.05, 0.1) is 28.9 Å². The lowest BCUT2D eigenvalue weighted by Crippen LogP contribution is -2.66. The molecule has 0 unspecified atom stereocenters. The second-order valence-corrected chi connectivity index (χ2v) is 31.4. The quantitative estimate of drug-likeness (QED) is 0.0822. The molecule has 2 heterocycles. The zero-order valence-electron chi connectivity index (χ0n) is 42.2. The molecule has 0 radical (unpaired) electrons. The number of rotatable bonds is 18. The first-order valence-electron chi connectivity index (χ1n) is 24.7. The van der Waals surface area contributed by atoms with Gasteiger partial charge in [0.25, 0.3) is 22.2 Å². The molecule has 9 nitrogen and oxygen atoms in total. The number of methoxy groups -OCH3 is 1. The molecule has 1 saturated carbocycles. The van der Waals surface area contributed by atoms with E-state index in [2.05, 4.69) is 54.0 Å². The molecule has 1 aliphatic rings. The number of benzene rings is 5. The number of carbonyl (C=O) groups is 1. The van der Waals surface area contributed by atoms with Gasteiger partial charge in [0, 0.05) is 12.0 Å². The van der Waals surface area contributed by atoms with E-state index in [-0.39, 0.29) is 29.9 Å². The molecule has 0 spiro atoms. The largest absolute Gasteiger partial charge is 0.496 e. The average Bonchev–Trinajstić information content (AvgIpc) is 3.68. The number of nitrogens with zero attached hydrogens (tertiary/aromatic N) is 2. The number of aryl methyl sites for hydroxylation is 1. The Hall–Kier alpha value is -5.00. The molecule has 1 aliphatic carbocycles. The maximum Gasteiger partial charge on any atom is 0.333 e. The standard InChI is InChI=1S/C58H67BrN2O7SSi2/c1-40-51-53(63)61(58(6,7)50(62)38-57(4,5)71(66,45-27-17-11-18-28-45)46-29-19-12-20-30-46)55(64)60(54(51)69-52(40)59)39-49(47-31-21-22-32-48(47)67-8)68-42-35-33-41(34-36-42)37-56(2,3)70(65,43-23-13-9-14-24-43)44-25-15-10-16-26-44/h9-32,41-42,49,65-66H,33-39H2,1-8H3/t41?,42?,49-/m0/s1. The van der Waals surface area contributed by atoms with E-state index < -0.39 is 44.6 Å². The molecule has 71 heavy (non-hydrogen) atoms. The van der Waals surface area contributed by atoms with Gasteiger partial charge in [-0.05, 0) is 117 Å². The smallest absolute Gasteiger partial charge is 0.333 e. The summed E-state index contributed by atoms with van der Waals surface area (Å²) in [5.41, 5.74) is -1.32. The first-order valence-corrected chi connectivity index (χ1v) is 30.2. The molecule has 5 aromatic carbocycles.